The molecule has 8 heteroatoms. The van der Waals surface area contributed by atoms with E-state index in [0.717, 1.165) is 24.8 Å². The summed E-state index contributed by atoms with van der Waals surface area (Å²) in [5.74, 6) is -0.968. The molecule has 2 heterocycles. The van der Waals surface area contributed by atoms with Crippen molar-refractivity contribution in [3.63, 3.8) is 0 Å². The number of likely N-dealkylation sites (tertiary alicyclic amines) is 1. The zero-order valence-corrected chi connectivity index (χ0v) is 17.4. The van der Waals surface area contributed by atoms with Gasteiger partial charge < -0.3 is 19.4 Å². The zero-order chi connectivity index (χ0) is 21.8. The first-order valence-corrected chi connectivity index (χ1v) is 10.4. The number of benzene rings is 2. The number of carbonyl (C=O) groups is 2. The molecular formula is C23H25N3O5. The highest BCUT2D eigenvalue weighted by atomic mass is 16.5. The van der Waals surface area contributed by atoms with E-state index in [2.05, 4.69) is 5.32 Å². The van der Waals surface area contributed by atoms with Crippen molar-refractivity contribution in [2.75, 3.05) is 25.5 Å². The topological polar surface area (TPSA) is 93.8 Å². The number of nitrogens with one attached hydrogen (secondary N) is 1. The van der Waals surface area contributed by atoms with Gasteiger partial charge in [-0.15, -0.1) is 0 Å². The molecule has 4 rings (SSSR count). The van der Waals surface area contributed by atoms with Crippen LogP contribution in [0.15, 0.2) is 51.7 Å². The van der Waals surface area contributed by atoms with E-state index in [1.807, 2.05) is 6.07 Å². The van der Waals surface area contributed by atoms with Crippen LogP contribution in [0.2, 0.25) is 0 Å². The number of ether oxygens (including phenoxy) is 1. The van der Waals surface area contributed by atoms with E-state index in [4.69, 9.17) is 9.15 Å². The largest absolute Gasteiger partial charge is 0.420 e. The summed E-state index contributed by atoms with van der Waals surface area (Å²) in [4.78, 5) is 39.4. The molecule has 1 aliphatic rings. The summed E-state index contributed by atoms with van der Waals surface area (Å²) < 4.78 is 11.7. The lowest BCUT2D eigenvalue weighted by atomic mass is 10.1. The molecule has 1 saturated heterocycles. The van der Waals surface area contributed by atoms with Crippen molar-refractivity contribution in [1.82, 2.24) is 9.47 Å². The van der Waals surface area contributed by atoms with E-state index in [1.165, 1.54) is 4.57 Å². The number of rotatable bonds is 6. The van der Waals surface area contributed by atoms with Crippen LogP contribution in [-0.2, 0) is 22.7 Å². The first kappa shape index (κ1) is 20.9. The highest BCUT2D eigenvalue weighted by molar-refractivity contribution is 6.05. The minimum Gasteiger partial charge on any atom is -0.408 e. The number of hydrogen-bond donors (Lipinski definition) is 1. The first-order valence-electron chi connectivity index (χ1n) is 10.4. The molecule has 1 aromatic heterocycles. The van der Waals surface area contributed by atoms with Crippen LogP contribution in [0.5, 0.6) is 0 Å². The summed E-state index contributed by atoms with van der Waals surface area (Å²) in [6.45, 7) is 1.77. The number of fused-ring (bicyclic) bond motifs is 1. The van der Waals surface area contributed by atoms with Crippen molar-refractivity contribution in [2.45, 2.75) is 32.4 Å². The lowest BCUT2D eigenvalue weighted by Gasteiger charge is -2.26. The standard InChI is InChI=1S/C23H25N3O5/c1-30-15-16-6-5-7-17(12-16)22(28)24-18-8-9-20-19(13-18)26(23(29)31-20)14-21(27)25-10-3-2-4-11-25/h5-9,12-13H,2-4,10-11,14-15H2,1H3,(H,24,28). The molecule has 0 saturated carbocycles. The Kier molecular flexibility index (Phi) is 6.18. The molecule has 1 N–H and O–H groups in total. The van der Waals surface area contributed by atoms with Crippen LogP contribution in [0.1, 0.15) is 35.2 Å². The average Bonchev–Trinajstić information content (AvgIpc) is 3.09. The van der Waals surface area contributed by atoms with Gasteiger partial charge in [-0.05, 0) is 55.2 Å². The van der Waals surface area contributed by atoms with Crippen LogP contribution in [0, 0.1) is 0 Å². The second-order valence-electron chi connectivity index (χ2n) is 7.67. The Hall–Kier alpha value is -3.39. The summed E-state index contributed by atoms with van der Waals surface area (Å²) in [6.07, 6.45) is 3.08. The van der Waals surface area contributed by atoms with Gasteiger partial charge >= 0.3 is 5.76 Å². The van der Waals surface area contributed by atoms with Crippen molar-refractivity contribution in [3.05, 3.63) is 64.1 Å². The normalized spacial score (nSPS) is 14.0. The minimum atomic E-state index is -0.587. The van der Waals surface area contributed by atoms with Gasteiger partial charge in [0.1, 0.15) is 6.54 Å². The molecule has 0 atom stereocenters. The van der Waals surface area contributed by atoms with Crippen LogP contribution in [0.4, 0.5) is 5.69 Å². The van der Waals surface area contributed by atoms with Crippen molar-refractivity contribution in [3.8, 4) is 0 Å². The fourth-order valence-corrected chi connectivity index (χ4v) is 3.84. The van der Waals surface area contributed by atoms with Crippen LogP contribution < -0.4 is 11.1 Å². The average molecular weight is 423 g/mol. The molecule has 1 aliphatic heterocycles. The van der Waals surface area contributed by atoms with Crippen molar-refractivity contribution in [2.24, 2.45) is 0 Å². The second-order valence-corrected chi connectivity index (χ2v) is 7.67. The van der Waals surface area contributed by atoms with E-state index >= 15 is 0 Å². The third-order valence-corrected chi connectivity index (χ3v) is 5.43. The maximum atomic E-state index is 12.7. The van der Waals surface area contributed by atoms with Crippen LogP contribution in [0.25, 0.3) is 11.1 Å². The molecule has 8 nitrogen and oxygen atoms in total. The number of hydrogen-bond acceptors (Lipinski definition) is 5. The lowest BCUT2D eigenvalue weighted by Crippen LogP contribution is -2.39. The summed E-state index contributed by atoms with van der Waals surface area (Å²) in [5, 5.41) is 2.84. The maximum Gasteiger partial charge on any atom is 0.420 e. The summed E-state index contributed by atoms with van der Waals surface area (Å²) in [6, 6.07) is 12.1. The SMILES string of the molecule is COCc1cccc(C(=O)Nc2ccc3oc(=O)n(CC(=O)N4CCCCC4)c3c2)c1. The first-order chi connectivity index (χ1) is 15.0. The maximum absolute atomic E-state index is 12.7. The Balaban J connectivity index is 1.55. The number of carbonyl (C=O) groups excluding carboxylic acids is 2. The Morgan fingerprint density at radius 1 is 1.10 bits per heavy atom. The highest BCUT2D eigenvalue weighted by Crippen LogP contribution is 2.20. The molecule has 162 valence electrons. The van der Waals surface area contributed by atoms with E-state index in [0.29, 0.717) is 42.0 Å². The highest BCUT2D eigenvalue weighted by Gasteiger charge is 2.20. The number of amides is 2. The van der Waals surface area contributed by atoms with Gasteiger partial charge in [-0.25, -0.2) is 4.79 Å². The second kappa shape index (κ2) is 9.18. The van der Waals surface area contributed by atoms with E-state index in [1.54, 1.807) is 48.4 Å². The Bertz CT molecular complexity index is 1160. The van der Waals surface area contributed by atoms with E-state index in [9.17, 15) is 14.4 Å². The van der Waals surface area contributed by atoms with Gasteiger partial charge in [0.05, 0.1) is 12.1 Å². The number of nitrogens with zero attached hydrogens (tertiary/aromatic N) is 2. The smallest absolute Gasteiger partial charge is 0.408 e. The van der Waals surface area contributed by atoms with Crippen LogP contribution in [-0.4, -0.2) is 41.5 Å². The quantitative estimate of drug-likeness (QED) is 0.658. The zero-order valence-electron chi connectivity index (χ0n) is 17.4. The van der Waals surface area contributed by atoms with Crippen molar-refractivity contribution >= 4 is 28.6 Å². The molecule has 1 fully saturated rings. The molecule has 3 aromatic rings. The Morgan fingerprint density at radius 3 is 2.68 bits per heavy atom. The molecule has 2 aromatic carbocycles. The van der Waals surface area contributed by atoms with Gasteiger partial charge in [0.2, 0.25) is 5.91 Å². The lowest BCUT2D eigenvalue weighted by molar-refractivity contribution is -0.132. The molecule has 0 bridgehead atoms. The van der Waals surface area contributed by atoms with E-state index < -0.39 is 5.76 Å². The predicted octanol–water partition coefficient (Wildman–Crippen LogP) is 3.01. The molecule has 0 radical (unpaired) electrons. The van der Waals surface area contributed by atoms with Gasteiger partial charge in [0, 0.05) is 31.5 Å². The van der Waals surface area contributed by atoms with Gasteiger partial charge in [0.15, 0.2) is 5.58 Å². The molecular weight excluding hydrogens is 398 g/mol. The molecule has 0 spiro atoms. The fraction of sp³-hybridized carbons (Fsp3) is 0.348. The summed E-state index contributed by atoms with van der Waals surface area (Å²) in [5.41, 5.74) is 2.75. The van der Waals surface area contributed by atoms with Gasteiger partial charge in [-0.1, -0.05) is 12.1 Å². The number of methoxy groups -OCH3 is 1. The number of piperidine rings is 1. The summed E-state index contributed by atoms with van der Waals surface area (Å²) in [7, 11) is 1.60. The van der Waals surface area contributed by atoms with Crippen LogP contribution >= 0.6 is 0 Å². The van der Waals surface area contributed by atoms with Gasteiger partial charge in [0.25, 0.3) is 5.91 Å². The monoisotopic (exact) mass is 423 g/mol. The van der Waals surface area contributed by atoms with Gasteiger partial charge in [-0.2, -0.15) is 0 Å². The molecule has 0 unspecified atom stereocenters. The summed E-state index contributed by atoms with van der Waals surface area (Å²) >= 11 is 0. The third-order valence-electron chi connectivity index (χ3n) is 5.43. The number of oxazole rings is 1. The Labute approximate surface area is 179 Å². The molecule has 0 aliphatic carbocycles. The third kappa shape index (κ3) is 4.69. The molecule has 2 amide bonds. The molecule has 31 heavy (non-hydrogen) atoms. The van der Waals surface area contributed by atoms with Crippen molar-refractivity contribution in [1.29, 1.82) is 0 Å². The Morgan fingerprint density at radius 2 is 1.90 bits per heavy atom. The fourth-order valence-electron chi connectivity index (χ4n) is 3.84. The minimum absolute atomic E-state index is 0.0811. The van der Waals surface area contributed by atoms with Crippen molar-refractivity contribution < 1.29 is 18.7 Å². The van der Waals surface area contributed by atoms with Gasteiger partial charge in [-0.3, -0.25) is 14.2 Å². The van der Waals surface area contributed by atoms with E-state index in [-0.39, 0.29) is 18.4 Å². The number of anilines is 1. The van der Waals surface area contributed by atoms with Crippen LogP contribution in [0.3, 0.4) is 0 Å². The predicted molar refractivity (Wildman–Crippen MR) is 116 cm³/mol. The number of aromatic nitrogens is 1.